The Kier molecular flexibility index (Phi) is 14.8. The summed E-state index contributed by atoms with van der Waals surface area (Å²) < 4.78 is 1.41. The number of hydrogen-bond donors (Lipinski definition) is 0. The second kappa shape index (κ2) is 11.7. The topological polar surface area (TPSA) is 46.1 Å². The zero-order valence-corrected chi connectivity index (χ0v) is 7.60. The molecule has 0 unspecified atom stereocenters. The van der Waals surface area contributed by atoms with Crippen molar-refractivity contribution >= 4 is 0 Å². The Hall–Kier alpha value is -0.0156. The van der Waals surface area contributed by atoms with Crippen LogP contribution in [0.3, 0.4) is 0 Å². The van der Waals surface area contributed by atoms with E-state index in [1.54, 1.807) is 0 Å². The van der Waals surface area contributed by atoms with Crippen molar-refractivity contribution in [2.75, 3.05) is 14.2 Å². The predicted octanol–water partition coefficient (Wildman–Crippen LogP) is -0.670. The van der Waals surface area contributed by atoms with Gasteiger partial charge in [0.1, 0.15) is 0 Å². The molecular weight excluding hydrogens is 167 g/mol. The molecule has 1 aliphatic carbocycles. The molecule has 0 heterocycles. The van der Waals surface area contributed by atoms with Gasteiger partial charge in [0, 0.05) is 0 Å². The molecule has 0 spiro atoms. The van der Waals surface area contributed by atoms with Gasteiger partial charge in [-0.05, 0) is 0 Å². The fourth-order valence-electron chi connectivity index (χ4n) is 0.436. The normalized spacial score (nSPS) is 12.1. The molecule has 56 valence electrons. The molecular formula is C7H11O2V. The Balaban J connectivity index is 0. The minimum absolute atomic E-state index is 0.750. The van der Waals surface area contributed by atoms with E-state index in [9.17, 15) is 0 Å². The van der Waals surface area contributed by atoms with Crippen molar-refractivity contribution in [1.29, 1.82) is 0 Å². The van der Waals surface area contributed by atoms with E-state index in [0.717, 1.165) is 20.6 Å². The van der Waals surface area contributed by atoms with Gasteiger partial charge in [-0.1, -0.05) is 0 Å². The van der Waals surface area contributed by atoms with E-state index in [0.29, 0.717) is 0 Å². The van der Waals surface area contributed by atoms with Crippen LogP contribution >= 0.6 is 0 Å². The van der Waals surface area contributed by atoms with Crippen molar-refractivity contribution < 1.29 is 27.6 Å². The third kappa shape index (κ3) is 7.98. The Morgan fingerprint density at radius 3 is 1.90 bits per heavy atom. The summed E-state index contributed by atoms with van der Waals surface area (Å²) in [7, 11) is 1.50. The number of allylic oxidation sites excluding steroid dienone is 4. The fraction of sp³-hybridized carbons (Fsp3) is 0.429. The molecule has 0 amide bonds. The van der Waals surface area contributed by atoms with Crippen LogP contribution in [0.1, 0.15) is 6.42 Å². The van der Waals surface area contributed by atoms with Crippen molar-refractivity contribution in [2.24, 2.45) is 0 Å². The molecule has 0 saturated carbocycles. The molecule has 0 atom stereocenters. The molecule has 0 bridgehead atoms. The van der Waals surface area contributed by atoms with Crippen LogP contribution in [0.25, 0.3) is 0 Å². The molecule has 10 heavy (non-hydrogen) atoms. The minimum atomic E-state index is 0.750. The van der Waals surface area contributed by atoms with Crippen molar-refractivity contribution in [3.8, 4) is 0 Å². The third-order valence-electron chi connectivity index (χ3n) is 0.752. The quantitative estimate of drug-likeness (QED) is 0.493. The Morgan fingerprint density at radius 1 is 1.30 bits per heavy atom. The van der Waals surface area contributed by atoms with Gasteiger partial charge < -0.3 is 10.2 Å². The molecule has 0 N–H and O–H groups in total. The zero-order chi connectivity index (χ0) is 8.41. The monoisotopic (exact) mass is 178 g/mol. The van der Waals surface area contributed by atoms with Crippen LogP contribution in [0.15, 0.2) is 22.5 Å². The van der Waals surface area contributed by atoms with Gasteiger partial charge in [-0.25, -0.2) is 0 Å². The number of rotatable bonds is 0. The van der Waals surface area contributed by atoms with E-state index in [2.05, 4.69) is 35.7 Å². The first-order valence-corrected chi connectivity index (χ1v) is 3.46. The summed E-state index contributed by atoms with van der Waals surface area (Å²) in [4.78, 5) is 0. The van der Waals surface area contributed by atoms with E-state index in [-0.39, 0.29) is 0 Å². The molecule has 1 rings (SSSR count). The molecule has 2 nitrogen and oxygen atoms in total. The van der Waals surface area contributed by atoms with Crippen molar-refractivity contribution in [3.05, 3.63) is 22.5 Å². The molecule has 0 saturated heterocycles. The van der Waals surface area contributed by atoms with E-state index < -0.39 is 0 Å². The summed E-state index contributed by atoms with van der Waals surface area (Å²) in [6, 6.07) is 0. The average Bonchev–Trinajstić information content (AvgIpc) is 2.48. The van der Waals surface area contributed by atoms with Gasteiger partial charge in [0.05, 0.1) is 0 Å². The average molecular weight is 178 g/mol. The predicted molar refractivity (Wildman–Crippen MR) is 33.7 cm³/mol. The first kappa shape index (κ1) is 12.6. The van der Waals surface area contributed by atoms with Gasteiger partial charge in [0.15, 0.2) is 0 Å². The first-order valence-electron chi connectivity index (χ1n) is 2.76. The molecule has 1 aliphatic rings. The maximum atomic E-state index is 8.25. The fourth-order valence-corrected chi connectivity index (χ4v) is 0.735. The van der Waals surface area contributed by atoms with Crippen LogP contribution in [0.5, 0.6) is 0 Å². The molecule has 0 aliphatic heterocycles. The summed E-state index contributed by atoms with van der Waals surface area (Å²) in [6.45, 7) is 0. The van der Waals surface area contributed by atoms with Crippen LogP contribution in [0.2, 0.25) is 0 Å². The third-order valence-corrected chi connectivity index (χ3v) is 1.27. The number of hydrogen-bond acceptors (Lipinski definition) is 2. The Bertz CT molecular complexity index is 108. The summed E-state index contributed by atoms with van der Waals surface area (Å²) in [5.41, 5.74) is 0. The van der Waals surface area contributed by atoms with E-state index in [1.165, 1.54) is 4.28 Å². The molecule has 0 radical (unpaired) electrons. The first-order chi connectivity index (χ1) is 4.89. The second-order valence-corrected chi connectivity index (χ2v) is 2.19. The van der Waals surface area contributed by atoms with Gasteiger partial charge in [-0.3, -0.25) is 0 Å². The molecule has 3 heteroatoms. The SMILES string of the molecule is C[O-].C[O-].[V+2][C]1=CC=CC1. The van der Waals surface area contributed by atoms with Crippen LogP contribution in [0.4, 0.5) is 0 Å². The molecule has 0 fully saturated rings. The maximum absolute atomic E-state index is 8.25. The van der Waals surface area contributed by atoms with Gasteiger partial charge >= 0.3 is 46.4 Å². The second-order valence-electron chi connectivity index (χ2n) is 1.29. The molecule has 0 aromatic heterocycles. The zero-order valence-electron chi connectivity index (χ0n) is 6.20. The van der Waals surface area contributed by atoms with Crippen LogP contribution in [-0.4, -0.2) is 14.2 Å². The van der Waals surface area contributed by atoms with Crippen molar-refractivity contribution in [3.63, 3.8) is 0 Å². The van der Waals surface area contributed by atoms with E-state index >= 15 is 0 Å². The summed E-state index contributed by atoms with van der Waals surface area (Å²) in [6.07, 6.45) is 7.47. The van der Waals surface area contributed by atoms with Crippen LogP contribution in [-0.2, 0) is 17.4 Å². The van der Waals surface area contributed by atoms with E-state index in [4.69, 9.17) is 10.2 Å². The van der Waals surface area contributed by atoms with Crippen molar-refractivity contribution in [1.82, 2.24) is 0 Å². The van der Waals surface area contributed by atoms with Gasteiger partial charge in [0.25, 0.3) is 0 Å². The van der Waals surface area contributed by atoms with Crippen LogP contribution < -0.4 is 10.2 Å². The Labute approximate surface area is 71.2 Å². The standard InChI is InChI=1S/C5H5.2CH3O.V/c1-2-4-5-3-1;2*1-2;/h1-3H,4H2;2*1H3;/q;2*-1;+2. The summed E-state index contributed by atoms with van der Waals surface area (Å²) in [5.74, 6) is 0. The van der Waals surface area contributed by atoms with Crippen molar-refractivity contribution in [2.45, 2.75) is 6.42 Å². The summed E-state index contributed by atoms with van der Waals surface area (Å²) in [5, 5.41) is 16.5. The van der Waals surface area contributed by atoms with Gasteiger partial charge in [0.2, 0.25) is 0 Å². The van der Waals surface area contributed by atoms with Crippen LogP contribution in [0, 0.1) is 0 Å². The Morgan fingerprint density at radius 2 is 1.80 bits per heavy atom. The van der Waals surface area contributed by atoms with E-state index in [1.807, 2.05) is 0 Å². The molecule has 0 aromatic carbocycles. The summed E-state index contributed by atoms with van der Waals surface area (Å²) >= 11 is 2.54. The molecule has 0 aromatic rings. The van der Waals surface area contributed by atoms with Gasteiger partial charge in [-0.15, -0.1) is 0 Å². The van der Waals surface area contributed by atoms with Gasteiger partial charge in [-0.2, -0.15) is 14.2 Å².